The summed E-state index contributed by atoms with van der Waals surface area (Å²) in [7, 11) is 0. The number of aryl methyl sites for hydroxylation is 2. The molecule has 0 atom stereocenters. The van der Waals surface area contributed by atoms with E-state index in [4.69, 9.17) is 5.73 Å². The lowest BCUT2D eigenvalue weighted by Gasteiger charge is -2.06. The predicted molar refractivity (Wildman–Crippen MR) is 54.2 cm³/mol. The first-order valence-electron chi connectivity index (χ1n) is 4.69. The van der Waals surface area contributed by atoms with E-state index in [0.717, 1.165) is 30.4 Å². The maximum atomic E-state index is 13.1. The van der Waals surface area contributed by atoms with E-state index in [9.17, 15) is 4.39 Å². The summed E-state index contributed by atoms with van der Waals surface area (Å²) in [6.45, 7) is 4.10. The predicted octanol–water partition coefficient (Wildman–Crippen LogP) is 3.06. The molecule has 0 aliphatic carbocycles. The normalized spacial score (nSPS) is 10.4. The molecule has 13 heavy (non-hydrogen) atoms. The van der Waals surface area contributed by atoms with Crippen molar-refractivity contribution < 1.29 is 4.39 Å². The summed E-state index contributed by atoms with van der Waals surface area (Å²) in [5, 5.41) is 0. The number of nitrogen functional groups attached to an aromatic ring is 1. The third kappa shape index (κ3) is 2.44. The van der Waals surface area contributed by atoms with Crippen molar-refractivity contribution in [2.24, 2.45) is 0 Å². The van der Waals surface area contributed by atoms with Crippen molar-refractivity contribution in [2.75, 3.05) is 5.73 Å². The van der Waals surface area contributed by atoms with Gasteiger partial charge in [-0.3, -0.25) is 0 Å². The van der Waals surface area contributed by atoms with Crippen LogP contribution in [0.4, 0.5) is 10.1 Å². The first kappa shape index (κ1) is 10.0. The molecule has 0 aliphatic heterocycles. The number of benzene rings is 1. The van der Waals surface area contributed by atoms with Crippen LogP contribution in [-0.4, -0.2) is 0 Å². The van der Waals surface area contributed by atoms with Crippen molar-refractivity contribution in [1.29, 1.82) is 0 Å². The van der Waals surface area contributed by atoms with Crippen LogP contribution in [0.5, 0.6) is 0 Å². The summed E-state index contributed by atoms with van der Waals surface area (Å²) in [5.41, 5.74) is 7.86. The van der Waals surface area contributed by atoms with Gasteiger partial charge in [0.05, 0.1) is 5.69 Å². The Kier molecular flexibility index (Phi) is 3.29. The van der Waals surface area contributed by atoms with E-state index in [1.807, 2.05) is 6.92 Å². The molecule has 0 saturated carbocycles. The maximum absolute atomic E-state index is 13.1. The second-order valence-electron chi connectivity index (χ2n) is 3.40. The summed E-state index contributed by atoms with van der Waals surface area (Å²) in [5.74, 6) is -0.295. The zero-order valence-electron chi connectivity index (χ0n) is 8.23. The molecule has 1 nitrogen and oxygen atoms in total. The molecule has 0 unspecified atom stereocenters. The van der Waals surface area contributed by atoms with Gasteiger partial charge in [0.1, 0.15) is 5.82 Å². The molecule has 2 heteroatoms. The lowest BCUT2D eigenvalue weighted by molar-refractivity contribution is 0.628. The molecule has 0 radical (unpaired) electrons. The number of hydrogen-bond donors (Lipinski definition) is 1. The molecule has 0 bridgehead atoms. The monoisotopic (exact) mass is 181 g/mol. The fourth-order valence-corrected chi connectivity index (χ4v) is 1.38. The van der Waals surface area contributed by atoms with Gasteiger partial charge in [0.25, 0.3) is 0 Å². The molecule has 0 spiro atoms. The van der Waals surface area contributed by atoms with E-state index < -0.39 is 0 Å². The zero-order chi connectivity index (χ0) is 9.84. The topological polar surface area (TPSA) is 26.0 Å². The fourth-order valence-electron chi connectivity index (χ4n) is 1.38. The Bertz CT molecular complexity index is 294. The van der Waals surface area contributed by atoms with Gasteiger partial charge in [-0.2, -0.15) is 0 Å². The third-order valence-electron chi connectivity index (χ3n) is 2.25. The summed E-state index contributed by atoms with van der Waals surface area (Å²) in [6, 6.07) is 3.26. The fraction of sp³-hybridized carbons (Fsp3) is 0.455. The number of halogens is 1. The van der Waals surface area contributed by atoms with Gasteiger partial charge >= 0.3 is 0 Å². The maximum Gasteiger partial charge on any atom is 0.146 e. The second kappa shape index (κ2) is 4.26. The molecular weight excluding hydrogens is 165 g/mol. The van der Waals surface area contributed by atoms with Gasteiger partial charge < -0.3 is 5.73 Å². The Morgan fingerprint density at radius 3 is 2.69 bits per heavy atom. The van der Waals surface area contributed by atoms with Gasteiger partial charge in [-0.1, -0.05) is 13.3 Å². The third-order valence-corrected chi connectivity index (χ3v) is 2.25. The molecule has 0 aromatic heterocycles. The molecular formula is C11H16FN. The highest BCUT2D eigenvalue weighted by atomic mass is 19.1. The summed E-state index contributed by atoms with van der Waals surface area (Å²) >= 11 is 0. The van der Waals surface area contributed by atoms with Gasteiger partial charge in [-0.05, 0) is 43.0 Å². The first-order chi connectivity index (χ1) is 6.15. The minimum Gasteiger partial charge on any atom is -0.396 e. The van der Waals surface area contributed by atoms with Crippen LogP contribution < -0.4 is 5.73 Å². The summed E-state index contributed by atoms with van der Waals surface area (Å²) < 4.78 is 13.1. The second-order valence-corrected chi connectivity index (χ2v) is 3.40. The van der Waals surface area contributed by atoms with Crippen LogP contribution >= 0.6 is 0 Å². The lowest BCUT2D eigenvalue weighted by Crippen LogP contribution is -1.96. The SMILES string of the molecule is CCCCc1cc(F)c(N)cc1C. The molecule has 1 aromatic carbocycles. The van der Waals surface area contributed by atoms with E-state index in [-0.39, 0.29) is 11.5 Å². The largest absolute Gasteiger partial charge is 0.396 e. The Morgan fingerprint density at radius 2 is 2.08 bits per heavy atom. The summed E-state index contributed by atoms with van der Waals surface area (Å²) in [4.78, 5) is 0. The van der Waals surface area contributed by atoms with Crippen LogP contribution in [0.15, 0.2) is 12.1 Å². The number of unbranched alkanes of at least 4 members (excludes halogenated alkanes) is 1. The zero-order valence-corrected chi connectivity index (χ0v) is 8.23. The van der Waals surface area contributed by atoms with Gasteiger partial charge in [0.15, 0.2) is 0 Å². The Hall–Kier alpha value is -1.05. The molecule has 0 aliphatic rings. The van der Waals surface area contributed by atoms with Gasteiger partial charge in [-0.25, -0.2) is 4.39 Å². The average molecular weight is 181 g/mol. The molecule has 0 amide bonds. The van der Waals surface area contributed by atoms with Gasteiger partial charge in [0.2, 0.25) is 0 Å². The van der Waals surface area contributed by atoms with Gasteiger partial charge in [0, 0.05) is 0 Å². The van der Waals surface area contributed by atoms with Crippen molar-refractivity contribution in [3.63, 3.8) is 0 Å². The van der Waals surface area contributed by atoms with Crippen LogP contribution in [-0.2, 0) is 6.42 Å². The number of rotatable bonds is 3. The Labute approximate surface area is 78.8 Å². The quantitative estimate of drug-likeness (QED) is 0.712. The van der Waals surface area contributed by atoms with Crippen molar-refractivity contribution in [3.8, 4) is 0 Å². The average Bonchev–Trinajstić information content (AvgIpc) is 2.09. The Balaban J connectivity index is 2.88. The number of nitrogens with two attached hydrogens (primary N) is 1. The van der Waals surface area contributed by atoms with Crippen LogP contribution in [0.3, 0.4) is 0 Å². The van der Waals surface area contributed by atoms with Crippen LogP contribution in [0.1, 0.15) is 30.9 Å². The molecule has 72 valence electrons. The smallest absolute Gasteiger partial charge is 0.146 e. The molecule has 1 aromatic rings. The van der Waals surface area contributed by atoms with Crippen molar-refractivity contribution >= 4 is 5.69 Å². The van der Waals surface area contributed by atoms with Crippen LogP contribution in [0.25, 0.3) is 0 Å². The van der Waals surface area contributed by atoms with Gasteiger partial charge in [-0.15, -0.1) is 0 Å². The summed E-state index contributed by atoms with van der Waals surface area (Å²) in [6.07, 6.45) is 3.18. The molecule has 2 N–H and O–H groups in total. The van der Waals surface area contributed by atoms with E-state index in [2.05, 4.69) is 6.92 Å². The highest BCUT2D eigenvalue weighted by Crippen LogP contribution is 2.18. The van der Waals surface area contributed by atoms with E-state index in [0.29, 0.717) is 0 Å². The van der Waals surface area contributed by atoms with E-state index >= 15 is 0 Å². The molecule has 0 saturated heterocycles. The Morgan fingerprint density at radius 1 is 1.38 bits per heavy atom. The van der Waals surface area contributed by atoms with Crippen LogP contribution in [0, 0.1) is 12.7 Å². The highest BCUT2D eigenvalue weighted by molar-refractivity contribution is 5.45. The van der Waals surface area contributed by atoms with Crippen molar-refractivity contribution in [1.82, 2.24) is 0 Å². The molecule has 0 fully saturated rings. The minimum atomic E-state index is -0.295. The lowest BCUT2D eigenvalue weighted by atomic mass is 10.0. The molecule has 0 heterocycles. The van der Waals surface area contributed by atoms with Crippen LogP contribution in [0.2, 0.25) is 0 Å². The van der Waals surface area contributed by atoms with Crippen molar-refractivity contribution in [3.05, 3.63) is 29.1 Å². The number of hydrogen-bond acceptors (Lipinski definition) is 1. The molecule has 1 rings (SSSR count). The standard InChI is InChI=1S/C11H16FN/c1-3-4-5-9-7-10(12)11(13)6-8(9)2/h6-7H,3-5,13H2,1-2H3. The number of anilines is 1. The minimum absolute atomic E-state index is 0.248. The first-order valence-corrected chi connectivity index (χ1v) is 4.69. The van der Waals surface area contributed by atoms with E-state index in [1.54, 1.807) is 12.1 Å². The highest BCUT2D eigenvalue weighted by Gasteiger charge is 2.03. The van der Waals surface area contributed by atoms with Crippen molar-refractivity contribution in [2.45, 2.75) is 33.1 Å². The van der Waals surface area contributed by atoms with E-state index in [1.165, 1.54) is 0 Å².